The van der Waals surface area contributed by atoms with Crippen LogP contribution in [0.15, 0.2) is 76.8 Å². The fraction of sp³-hybridized carbons (Fsp3) is 0.387. The number of carbonyl (C=O) groups excluding carboxylic acids is 2. The third kappa shape index (κ3) is 8.64. The zero-order chi connectivity index (χ0) is 31.0. The summed E-state index contributed by atoms with van der Waals surface area (Å²) in [5.41, 5.74) is 3.21. The van der Waals surface area contributed by atoms with Crippen LogP contribution in [0.25, 0.3) is 0 Å². The van der Waals surface area contributed by atoms with Gasteiger partial charge in [-0.3, -0.25) is 4.79 Å². The molecule has 43 heavy (non-hydrogen) atoms. The summed E-state index contributed by atoms with van der Waals surface area (Å²) in [7, 11) is 1.51. The summed E-state index contributed by atoms with van der Waals surface area (Å²) in [4.78, 5) is 32.9. The highest BCUT2D eigenvalue weighted by atomic mass is 32.2. The van der Waals surface area contributed by atoms with E-state index in [2.05, 4.69) is 11.2 Å². The lowest BCUT2D eigenvalue weighted by Crippen LogP contribution is -2.42. The van der Waals surface area contributed by atoms with Crippen LogP contribution in [0.3, 0.4) is 0 Å². The zero-order valence-electron chi connectivity index (χ0n) is 24.0. The number of oxime groups is 1. The Labute approximate surface area is 252 Å². The number of thioether (sulfide) groups is 1. The molecule has 3 unspecified atom stereocenters. The number of ether oxygens (including phenoxy) is 3. The Balaban J connectivity index is 1.39. The van der Waals surface area contributed by atoms with Crippen LogP contribution >= 0.6 is 11.8 Å². The zero-order valence-corrected chi connectivity index (χ0v) is 24.8. The molecule has 230 valence electrons. The predicted molar refractivity (Wildman–Crippen MR) is 158 cm³/mol. The number of amides is 1. The van der Waals surface area contributed by atoms with Crippen molar-refractivity contribution >= 4 is 35.0 Å². The Hall–Kier alpha value is -3.77. The maximum absolute atomic E-state index is 13.1. The van der Waals surface area contributed by atoms with Gasteiger partial charge in [-0.25, -0.2) is 4.79 Å². The van der Waals surface area contributed by atoms with Gasteiger partial charge in [-0.2, -0.15) is 13.2 Å². The van der Waals surface area contributed by atoms with Crippen LogP contribution in [0.2, 0.25) is 0 Å². The van der Waals surface area contributed by atoms with Gasteiger partial charge in [-0.1, -0.05) is 41.6 Å². The fourth-order valence-corrected chi connectivity index (χ4v) is 5.80. The molecule has 2 aromatic carbocycles. The molecular formula is C31H33F3N2O6S. The number of fused-ring (bicyclic) bond motifs is 1. The van der Waals surface area contributed by atoms with E-state index in [1.165, 1.54) is 18.9 Å². The lowest BCUT2D eigenvalue weighted by molar-refractivity contribution is -0.194. The normalized spacial score (nSPS) is 19.7. The predicted octanol–water partition coefficient (Wildman–Crippen LogP) is 5.86. The second-order valence-electron chi connectivity index (χ2n) is 9.76. The largest absolute Gasteiger partial charge is 0.492 e. The monoisotopic (exact) mass is 618 g/mol. The molecule has 1 aliphatic heterocycles. The van der Waals surface area contributed by atoms with Crippen LogP contribution in [0, 0.1) is 0 Å². The van der Waals surface area contributed by atoms with Crippen LogP contribution in [0.5, 0.6) is 5.75 Å². The first-order chi connectivity index (χ1) is 20.6. The lowest BCUT2D eigenvalue weighted by atomic mass is 9.90. The summed E-state index contributed by atoms with van der Waals surface area (Å²) in [5, 5.41) is 3.86. The minimum Gasteiger partial charge on any atom is -0.492 e. The number of benzene rings is 2. The Morgan fingerprint density at radius 3 is 2.60 bits per heavy atom. The Kier molecular flexibility index (Phi) is 10.9. The summed E-state index contributed by atoms with van der Waals surface area (Å²) >= 11 is 1.51. The van der Waals surface area contributed by atoms with E-state index >= 15 is 0 Å². The molecule has 0 N–H and O–H groups in total. The number of hydrogen-bond donors (Lipinski definition) is 0. The summed E-state index contributed by atoms with van der Waals surface area (Å²) in [6.07, 6.45) is 1.79. The minimum absolute atomic E-state index is 0.0183. The van der Waals surface area contributed by atoms with E-state index in [0.717, 1.165) is 21.9 Å². The van der Waals surface area contributed by atoms with E-state index in [-0.39, 0.29) is 36.7 Å². The Bertz CT molecular complexity index is 1380. The van der Waals surface area contributed by atoms with Crippen molar-refractivity contribution in [2.24, 2.45) is 5.16 Å². The van der Waals surface area contributed by atoms with Gasteiger partial charge in [0.2, 0.25) is 5.91 Å². The molecule has 1 amide bonds. The van der Waals surface area contributed by atoms with Crippen molar-refractivity contribution in [3.05, 3.63) is 77.9 Å². The second kappa shape index (κ2) is 14.6. The summed E-state index contributed by atoms with van der Waals surface area (Å²) in [5.74, 6) is -0.423. The summed E-state index contributed by atoms with van der Waals surface area (Å²) in [6.45, 7) is 2.45. The van der Waals surface area contributed by atoms with Gasteiger partial charge in [-0.05, 0) is 55.3 Å². The van der Waals surface area contributed by atoms with Gasteiger partial charge in [0, 0.05) is 17.2 Å². The molecule has 0 fully saturated rings. The first-order valence-corrected chi connectivity index (χ1v) is 14.6. The molecule has 0 radical (unpaired) electrons. The van der Waals surface area contributed by atoms with Crippen molar-refractivity contribution in [2.45, 2.75) is 48.6 Å². The second-order valence-corrected chi connectivity index (χ2v) is 11.1. The van der Waals surface area contributed by atoms with E-state index in [9.17, 15) is 22.8 Å². The van der Waals surface area contributed by atoms with E-state index < -0.39 is 24.9 Å². The van der Waals surface area contributed by atoms with Gasteiger partial charge in [0.15, 0.2) is 6.10 Å². The topological polar surface area (TPSA) is 86.7 Å². The summed E-state index contributed by atoms with van der Waals surface area (Å²) in [6, 6.07) is 12.6. The molecule has 2 aromatic rings. The molecule has 8 nitrogen and oxygen atoms in total. The van der Waals surface area contributed by atoms with E-state index in [1.807, 2.05) is 43.4 Å². The molecule has 0 aromatic heterocycles. The quantitative estimate of drug-likeness (QED) is 0.218. The number of esters is 1. The van der Waals surface area contributed by atoms with Crippen LogP contribution < -0.4 is 9.64 Å². The van der Waals surface area contributed by atoms with E-state index in [1.54, 1.807) is 36.1 Å². The average Bonchev–Trinajstić information content (AvgIpc) is 2.98. The fourth-order valence-electron chi connectivity index (χ4n) is 4.69. The third-order valence-corrected chi connectivity index (χ3v) is 7.81. The van der Waals surface area contributed by atoms with Crippen molar-refractivity contribution in [1.82, 2.24) is 0 Å². The van der Waals surface area contributed by atoms with Gasteiger partial charge in [-0.15, -0.1) is 11.8 Å². The van der Waals surface area contributed by atoms with Gasteiger partial charge < -0.3 is 23.9 Å². The van der Waals surface area contributed by atoms with E-state index in [0.29, 0.717) is 17.9 Å². The molecule has 3 atom stereocenters. The van der Waals surface area contributed by atoms with Crippen molar-refractivity contribution in [2.75, 3.05) is 38.4 Å². The van der Waals surface area contributed by atoms with Crippen molar-refractivity contribution < 1.29 is 41.8 Å². The number of nitrogens with zero attached hydrogens (tertiary/aromatic N) is 2. The van der Waals surface area contributed by atoms with Crippen LogP contribution in [0.1, 0.15) is 30.9 Å². The first kappa shape index (κ1) is 32.2. The maximum Gasteiger partial charge on any atom is 0.411 e. The smallest absolute Gasteiger partial charge is 0.411 e. The van der Waals surface area contributed by atoms with Crippen molar-refractivity contribution in [3.8, 4) is 5.75 Å². The molecule has 1 aliphatic carbocycles. The van der Waals surface area contributed by atoms with Crippen molar-refractivity contribution in [3.63, 3.8) is 0 Å². The van der Waals surface area contributed by atoms with Crippen LogP contribution in [-0.4, -0.2) is 68.6 Å². The molecule has 0 saturated carbocycles. The first-order valence-electron chi connectivity index (χ1n) is 13.7. The number of halogens is 3. The summed E-state index contributed by atoms with van der Waals surface area (Å²) < 4.78 is 53.5. The van der Waals surface area contributed by atoms with Gasteiger partial charge >= 0.3 is 12.1 Å². The Morgan fingerprint density at radius 2 is 1.91 bits per heavy atom. The molecule has 0 bridgehead atoms. The molecule has 0 spiro atoms. The van der Waals surface area contributed by atoms with Gasteiger partial charge in [0.25, 0.3) is 0 Å². The lowest BCUT2D eigenvalue weighted by Gasteiger charge is -2.33. The highest BCUT2D eigenvalue weighted by molar-refractivity contribution is 8.01. The molecule has 4 rings (SSSR count). The highest BCUT2D eigenvalue weighted by Gasteiger charge is 2.33. The SMILES string of the molecule is CCOC(=O)C(Cc1ccc(OCCN2C(=O)C(C)Sc3cc(C4C=CC=CC4=NOC)ccc32)cc1)OCC(F)(F)F. The Morgan fingerprint density at radius 1 is 1.14 bits per heavy atom. The number of rotatable bonds is 12. The van der Waals surface area contributed by atoms with Crippen molar-refractivity contribution in [1.29, 1.82) is 0 Å². The molecule has 12 heteroatoms. The average molecular weight is 619 g/mol. The number of carbonyl (C=O) groups is 2. The van der Waals surface area contributed by atoms with Gasteiger partial charge in [0.05, 0.1) is 29.8 Å². The maximum atomic E-state index is 13.1. The molecular weight excluding hydrogens is 585 g/mol. The standard InChI is InChI=1S/C31H33F3N2O6S/c1-4-40-30(38)27(42-19-31(32,33)34)17-21-9-12-23(13-10-21)41-16-15-36-26-14-11-22(18-28(26)43-20(2)29(36)37)24-7-5-6-8-25(24)35-39-3/h5-14,18,20,24,27H,4,15-17,19H2,1-3H3. The third-order valence-electron chi connectivity index (χ3n) is 6.67. The number of hydrogen-bond acceptors (Lipinski definition) is 8. The van der Waals surface area contributed by atoms with Crippen LogP contribution in [-0.2, 0) is 30.3 Å². The minimum atomic E-state index is -4.57. The molecule has 2 aliphatic rings. The van der Waals surface area contributed by atoms with Crippen LogP contribution in [0.4, 0.5) is 18.9 Å². The number of allylic oxidation sites excluding steroid dienone is 4. The van der Waals surface area contributed by atoms with Gasteiger partial charge in [0.1, 0.15) is 26.1 Å². The highest BCUT2D eigenvalue weighted by Crippen LogP contribution is 2.41. The molecule has 1 heterocycles. The number of anilines is 1. The van der Waals surface area contributed by atoms with E-state index in [4.69, 9.17) is 19.0 Å². The number of alkyl halides is 3. The molecule has 0 saturated heterocycles.